The Bertz CT molecular complexity index is 853. The van der Waals surface area contributed by atoms with Crippen LogP contribution in [0.25, 0.3) is 10.6 Å². The van der Waals surface area contributed by atoms with Crippen LogP contribution in [-0.2, 0) is 4.79 Å². The fourth-order valence-corrected chi connectivity index (χ4v) is 2.64. The molecule has 0 saturated heterocycles. The number of halogens is 2. The maximum absolute atomic E-state index is 13.7. The third-order valence-electron chi connectivity index (χ3n) is 2.96. The fraction of sp³-hybridized carbons (Fsp3) is 0.0625. The van der Waals surface area contributed by atoms with Crippen LogP contribution >= 0.6 is 11.3 Å². The van der Waals surface area contributed by atoms with E-state index in [1.165, 1.54) is 30.3 Å². The Kier molecular flexibility index (Phi) is 4.76. The molecule has 1 N–H and O–H groups in total. The number of rotatable bonds is 5. The summed E-state index contributed by atoms with van der Waals surface area (Å²) in [6, 6.07) is 11.5. The number of anilines is 1. The van der Waals surface area contributed by atoms with E-state index >= 15 is 0 Å². The van der Waals surface area contributed by atoms with Gasteiger partial charge in [-0.05, 0) is 36.4 Å². The van der Waals surface area contributed by atoms with E-state index in [1.807, 2.05) is 0 Å². The van der Waals surface area contributed by atoms with Gasteiger partial charge < -0.3 is 4.74 Å². The van der Waals surface area contributed by atoms with Crippen LogP contribution < -0.4 is 10.1 Å². The normalized spacial score (nSPS) is 10.4. The lowest BCUT2D eigenvalue weighted by Gasteiger charge is -2.05. The number of nitrogens with zero attached hydrogens (tertiary/aromatic N) is 2. The van der Waals surface area contributed by atoms with Gasteiger partial charge in [-0.25, -0.2) is 8.78 Å². The molecule has 0 saturated carbocycles. The molecular weight excluding hydrogens is 336 g/mol. The molecule has 1 aromatic heterocycles. The van der Waals surface area contributed by atoms with Crippen molar-refractivity contribution < 1.29 is 18.3 Å². The summed E-state index contributed by atoms with van der Waals surface area (Å²) in [5.74, 6) is -0.876. The van der Waals surface area contributed by atoms with Gasteiger partial charge in [-0.3, -0.25) is 10.1 Å². The number of ether oxygens (including phenoxy) is 1. The molecule has 0 aliphatic heterocycles. The van der Waals surface area contributed by atoms with Gasteiger partial charge in [0.2, 0.25) is 5.13 Å². The summed E-state index contributed by atoms with van der Waals surface area (Å²) in [5, 5.41) is 10.8. The topological polar surface area (TPSA) is 64.1 Å². The third kappa shape index (κ3) is 3.90. The number of nitrogens with one attached hydrogen (secondary N) is 1. The zero-order valence-electron chi connectivity index (χ0n) is 12.2. The van der Waals surface area contributed by atoms with Gasteiger partial charge in [0.15, 0.2) is 11.6 Å². The lowest BCUT2D eigenvalue weighted by molar-refractivity contribution is -0.118. The van der Waals surface area contributed by atoms with Crippen molar-refractivity contribution in [2.75, 3.05) is 11.9 Å². The number of carbonyl (C=O) groups is 1. The summed E-state index contributed by atoms with van der Waals surface area (Å²) in [5.41, 5.74) is 0.318. The first-order valence-electron chi connectivity index (χ1n) is 6.88. The van der Waals surface area contributed by atoms with Crippen LogP contribution in [0.1, 0.15) is 0 Å². The highest BCUT2D eigenvalue weighted by Gasteiger charge is 2.12. The highest BCUT2D eigenvalue weighted by atomic mass is 32.1. The molecule has 0 radical (unpaired) electrons. The largest absolute Gasteiger partial charge is 0.484 e. The smallest absolute Gasteiger partial charge is 0.264 e. The molecule has 1 heterocycles. The molecule has 0 fully saturated rings. The van der Waals surface area contributed by atoms with Crippen LogP contribution in [0.3, 0.4) is 0 Å². The second-order valence-corrected chi connectivity index (χ2v) is 5.66. The lowest BCUT2D eigenvalue weighted by atomic mass is 10.2. The summed E-state index contributed by atoms with van der Waals surface area (Å²) in [7, 11) is 0. The summed E-state index contributed by atoms with van der Waals surface area (Å²) >= 11 is 1.05. The van der Waals surface area contributed by atoms with Gasteiger partial charge in [0.05, 0.1) is 0 Å². The standard InChI is InChI=1S/C16H11F2N3O2S/c17-10-5-7-11(8-6-10)23-9-14(22)19-16-21-20-15(24-16)12-3-1-2-4-13(12)18/h1-8H,9H2,(H,19,21,22). The summed E-state index contributed by atoms with van der Waals surface area (Å²) < 4.78 is 31.7. The fourth-order valence-electron chi connectivity index (χ4n) is 1.85. The van der Waals surface area contributed by atoms with Gasteiger partial charge in [-0.2, -0.15) is 0 Å². The van der Waals surface area contributed by atoms with Crippen molar-refractivity contribution in [2.24, 2.45) is 0 Å². The van der Waals surface area contributed by atoms with E-state index in [-0.39, 0.29) is 17.6 Å². The SMILES string of the molecule is O=C(COc1ccc(F)cc1)Nc1nnc(-c2ccccc2F)s1. The van der Waals surface area contributed by atoms with Crippen LogP contribution in [0, 0.1) is 11.6 Å². The predicted octanol–water partition coefficient (Wildman–Crippen LogP) is 3.50. The first kappa shape index (κ1) is 16.0. The molecule has 0 spiro atoms. The molecule has 0 unspecified atom stereocenters. The minimum atomic E-state index is -0.449. The maximum atomic E-state index is 13.7. The minimum absolute atomic E-state index is 0.237. The second-order valence-electron chi connectivity index (χ2n) is 4.68. The number of amides is 1. The molecule has 1 amide bonds. The van der Waals surface area contributed by atoms with E-state index in [1.54, 1.807) is 18.2 Å². The monoisotopic (exact) mass is 347 g/mol. The Balaban J connectivity index is 1.59. The van der Waals surface area contributed by atoms with Crippen molar-refractivity contribution in [1.29, 1.82) is 0 Å². The number of hydrogen-bond donors (Lipinski definition) is 1. The summed E-state index contributed by atoms with van der Waals surface area (Å²) in [6.45, 7) is -0.264. The Labute approximate surface area is 139 Å². The van der Waals surface area contributed by atoms with E-state index in [0.717, 1.165) is 11.3 Å². The molecule has 0 aliphatic rings. The van der Waals surface area contributed by atoms with E-state index in [2.05, 4.69) is 15.5 Å². The molecular formula is C16H11F2N3O2S. The van der Waals surface area contributed by atoms with Crippen molar-refractivity contribution in [3.63, 3.8) is 0 Å². The van der Waals surface area contributed by atoms with Crippen molar-refractivity contribution in [3.8, 4) is 16.3 Å². The lowest BCUT2D eigenvalue weighted by Crippen LogP contribution is -2.20. The molecule has 2 aromatic carbocycles. The molecule has 3 aromatic rings. The molecule has 0 bridgehead atoms. The van der Waals surface area contributed by atoms with Gasteiger partial charge in [-0.15, -0.1) is 10.2 Å². The number of benzene rings is 2. The summed E-state index contributed by atoms with van der Waals surface area (Å²) in [6.07, 6.45) is 0. The van der Waals surface area contributed by atoms with Gasteiger partial charge in [0.25, 0.3) is 5.91 Å². The van der Waals surface area contributed by atoms with Crippen LogP contribution in [0.4, 0.5) is 13.9 Å². The molecule has 5 nitrogen and oxygen atoms in total. The van der Waals surface area contributed by atoms with Crippen molar-refractivity contribution in [3.05, 3.63) is 60.2 Å². The Morgan fingerprint density at radius 1 is 1.08 bits per heavy atom. The summed E-state index contributed by atoms with van der Waals surface area (Å²) in [4.78, 5) is 11.8. The van der Waals surface area contributed by atoms with Gasteiger partial charge >= 0.3 is 0 Å². The molecule has 24 heavy (non-hydrogen) atoms. The van der Waals surface area contributed by atoms with Crippen molar-refractivity contribution >= 4 is 22.4 Å². The van der Waals surface area contributed by atoms with Gasteiger partial charge in [0, 0.05) is 5.56 Å². The Morgan fingerprint density at radius 2 is 1.83 bits per heavy atom. The van der Waals surface area contributed by atoms with Crippen LogP contribution in [0.15, 0.2) is 48.5 Å². The first-order chi connectivity index (χ1) is 11.6. The average molecular weight is 347 g/mol. The van der Waals surface area contributed by atoms with Gasteiger partial charge in [-0.1, -0.05) is 23.5 Å². The molecule has 3 rings (SSSR count). The zero-order valence-corrected chi connectivity index (χ0v) is 13.0. The van der Waals surface area contributed by atoms with E-state index in [9.17, 15) is 13.6 Å². The number of hydrogen-bond acceptors (Lipinski definition) is 5. The van der Waals surface area contributed by atoms with Crippen molar-refractivity contribution in [2.45, 2.75) is 0 Å². The number of carbonyl (C=O) groups excluding carboxylic acids is 1. The van der Waals surface area contributed by atoms with Crippen molar-refractivity contribution in [1.82, 2.24) is 10.2 Å². The maximum Gasteiger partial charge on any atom is 0.264 e. The van der Waals surface area contributed by atoms with E-state index < -0.39 is 11.7 Å². The predicted molar refractivity (Wildman–Crippen MR) is 85.8 cm³/mol. The first-order valence-corrected chi connectivity index (χ1v) is 7.70. The van der Waals surface area contributed by atoms with Crippen LogP contribution in [0.2, 0.25) is 0 Å². The van der Waals surface area contributed by atoms with Crippen LogP contribution in [-0.4, -0.2) is 22.7 Å². The quantitative estimate of drug-likeness (QED) is 0.767. The highest BCUT2D eigenvalue weighted by Crippen LogP contribution is 2.28. The second kappa shape index (κ2) is 7.14. The highest BCUT2D eigenvalue weighted by molar-refractivity contribution is 7.18. The Morgan fingerprint density at radius 3 is 2.58 bits per heavy atom. The van der Waals surface area contributed by atoms with Crippen LogP contribution in [0.5, 0.6) is 5.75 Å². The van der Waals surface area contributed by atoms with E-state index in [0.29, 0.717) is 16.3 Å². The molecule has 0 atom stereocenters. The molecule has 122 valence electrons. The minimum Gasteiger partial charge on any atom is -0.484 e. The van der Waals surface area contributed by atoms with Gasteiger partial charge in [0.1, 0.15) is 17.4 Å². The third-order valence-corrected chi connectivity index (χ3v) is 3.83. The molecule has 0 aliphatic carbocycles. The zero-order chi connectivity index (χ0) is 16.9. The van der Waals surface area contributed by atoms with E-state index in [4.69, 9.17) is 4.74 Å². The molecule has 8 heteroatoms. The average Bonchev–Trinajstić information content (AvgIpc) is 3.03. The Hall–Kier alpha value is -2.87. The number of aromatic nitrogens is 2.